The van der Waals surface area contributed by atoms with Crippen molar-refractivity contribution in [1.82, 2.24) is 4.98 Å². The second kappa shape index (κ2) is 6.65. The van der Waals surface area contributed by atoms with Gasteiger partial charge in [0.1, 0.15) is 0 Å². The molecule has 3 rings (SSSR count). The van der Waals surface area contributed by atoms with Crippen molar-refractivity contribution < 1.29 is 4.79 Å². The summed E-state index contributed by atoms with van der Waals surface area (Å²) in [5, 5.41) is 7.30. The monoisotopic (exact) mass is 396 g/mol. The molecule has 3 nitrogen and oxygen atoms in total. The Morgan fingerprint density at radius 1 is 1.29 bits per heavy atom. The number of nitrogens with one attached hydrogen (secondary N) is 1. The number of thiophene rings is 2. The summed E-state index contributed by atoms with van der Waals surface area (Å²) in [5.74, 6) is -0.170. The molecule has 21 heavy (non-hydrogen) atoms. The lowest BCUT2D eigenvalue weighted by Gasteiger charge is -1.95. The van der Waals surface area contributed by atoms with Crippen molar-refractivity contribution in [3.63, 3.8) is 0 Å². The number of aromatic nitrogens is 1. The lowest BCUT2D eigenvalue weighted by molar-refractivity contribution is -0.111. The van der Waals surface area contributed by atoms with Crippen LogP contribution < -0.4 is 5.32 Å². The van der Waals surface area contributed by atoms with Crippen LogP contribution in [0.5, 0.6) is 0 Å². The van der Waals surface area contributed by atoms with Gasteiger partial charge in [0.2, 0.25) is 5.91 Å². The number of carbonyl (C=O) groups is 1. The van der Waals surface area contributed by atoms with E-state index >= 15 is 0 Å². The summed E-state index contributed by atoms with van der Waals surface area (Å²) in [6.07, 6.45) is 3.32. The van der Waals surface area contributed by atoms with Gasteiger partial charge in [-0.25, -0.2) is 4.98 Å². The van der Waals surface area contributed by atoms with Crippen molar-refractivity contribution in [3.8, 4) is 10.6 Å². The Kier molecular flexibility index (Phi) is 4.64. The predicted octanol–water partition coefficient (Wildman–Crippen LogP) is 5.35. The van der Waals surface area contributed by atoms with Crippen molar-refractivity contribution in [3.05, 3.63) is 49.8 Å². The van der Waals surface area contributed by atoms with Crippen LogP contribution in [0.25, 0.3) is 16.6 Å². The molecule has 0 aliphatic carbocycles. The van der Waals surface area contributed by atoms with Gasteiger partial charge in [-0.3, -0.25) is 10.1 Å². The lowest BCUT2D eigenvalue weighted by Crippen LogP contribution is -2.07. The summed E-state index contributed by atoms with van der Waals surface area (Å²) in [7, 11) is 0. The van der Waals surface area contributed by atoms with E-state index in [1.54, 1.807) is 28.7 Å². The summed E-state index contributed by atoms with van der Waals surface area (Å²) < 4.78 is 1.06. The molecule has 0 bridgehead atoms. The maximum Gasteiger partial charge on any atom is 0.250 e. The van der Waals surface area contributed by atoms with Gasteiger partial charge in [0, 0.05) is 16.3 Å². The molecule has 7 heteroatoms. The first-order valence-electron chi connectivity index (χ1n) is 5.94. The number of anilines is 1. The predicted molar refractivity (Wildman–Crippen MR) is 95.1 cm³/mol. The molecule has 3 heterocycles. The van der Waals surface area contributed by atoms with Crippen LogP contribution in [0.4, 0.5) is 5.13 Å². The number of halogens is 1. The minimum Gasteiger partial charge on any atom is -0.298 e. The van der Waals surface area contributed by atoms with Crippen LogP contribution in [0, 0.1) is 0 Å². The maximum atomic E-state index is 11.8. The minimum atomic E-state index is -0.170. The fourth-order valence-corrected chi connectivity index (χ4v) is 4.34. The normalized spacial score (nSPS) is 11.1. The fourth-order valence-electron chi connectivity index (χ4n) is 1.59. The van der Waals surface area contributed by atoms with E-state index in [0.717, 1.165) is 19.2 Å². The van der Waals surface area contributed by atoms with Crippen LogP contribution in [0.15, 0.2) is 44.9 Å². The zero-order valence-electron chi connectivity index (χ0n) is 10.6. The van der Waals surface area contributed by atoms with E-state index < -0.39 is 0 Å². The van der Waals surface area contributed by atoms with Crippen LogP contribution in [0.2, 0.25) is 0 Å². The van der Waals surface area contributed by atoms with E-state index in [1.807, 2.05) is 35.0 Å². The van der Waals surface area contributed by atoms with Crippen molar-refractivity contribution in [1.29, 1.82) is 0 Å². The quantitative estimate of drug-likeness (QED) is 0.604. The van der Waals surface area contributed by atoms with Gasteiger partial charge in [0.25, 0.3) is 0 Å². The molecule has 0 saturated heterocycles. The van der Waals surface area contributed by atoms with Crippen molar-refractivity contribution in [2.24, 2.45) is 0 Å². The number of thiazole rings is 1. The summed E-state index contributed by atoms with van der Waals surface area (Å²) >= 11 is 8.06. The molecule has 106 valence electrons. The second-order valence-electron chi connectivity index (χ2n) is 3.98. The number of hydrogen-bond acceptors (Lipinski definition) is 5. The minimum absolute atomic E-state index is 0.170. The van der Waals surface area contributed by atoms with Gasteiger partial charge < -0.3 is 0 Å². The second-order valence-corrected chi connectivity index (χ2v) is 8.28. The summed E-state index contributed by atoms with van der Waals surface area (Å²) in [6, 6.07) is 7.91. The summed E-state index contributed by atoms with van der Waals surface area (Å²) in [4.78, 5) is 18.4. The van der Waals surface area contributed by atoms with Gasteiger partial charge in [0.05, 0.1) is 14.4 Å². The average molecular weight is 397 g/mol. The first kappa shape index (κ1) is 14.6. The molecular formula is C14H9BrN2OS3. The van der Waals surface area contributed by atoms with Crippen LogP contribution in [0.1, 0.15) is 4.88 Å². The number of nitrogens with zero attached hydrogens (tertiary/aromatic N) is 1. The lowest BCUT2D eigenvalue weighted by atomic mass is 10.4. The van der Waals surface area contributed by atoms with Gasteiger partial charge in [-0.05, 0) is 45.6 Å². The molecule has 0 saturated carbocycles. The largest absolute Gasteiger partial charge is 0.298 e. The van der Waals surface area contributed by atoms with Crippen LogP contribution in [-0.4, -0.2) is 10.9 Å². The molecular weight excluding hydrogens is 388 g/mol. The molecule has 0 unspecified atom stereocenters. The van der Waals surface area contributed by atoms with E-state index in [-0.39, 0.29) is 5.91 Å². The number of hydrogen-bond donors (Lipinski definition) is 1. The van der Waals surface area contributed by atoms with E-state index in [1.165, 1.54) is 17.4 Å². The summed E-state index contributed by atoms with van der Waals surface area (Å²) in [6.45, 7) is 0. The van der Waals surface area contributed by atoms with Crippen LogP contribution >= 0.6 is 49.9 Å². The molecule has 0 fully saturated rings. The molecule has 1 amide bonds. The summed E-state index contributed by atoms with van der Waals surface area (Å²) in [5.41, 5.74) is 0.883. The van der Waals surface area contributed by atoms with Gasteiger partial charge in [0.15, 0.2) is 5.13 Å². The fraction of sp³-hybridized carbons (Fsp3) is 0. The molecule has 0 radical (unpaired) electrons. The highest BCUT2D eigenvalue weighted by Crippen LogP contribution is 2.33. The Morgan fingerprint density at radius 2 is 2.19 bits per heavy atom. The van der Waals surface area contributed by atoms with Crippen molar-refractivity contribution in [2.45, 2.75) is 0 Å². The number of amides is 1. The Hall–Kier alpha value is -1.28. The Morgan fingerprint density at radius 3 is 2.90 bits per heavy atom. The highest BCUT2D eigenvalue weighted by atomic mass is 79.9. The molecule has 0 aromatic carbocycles. The molecule has 0 aliphatic rings. The van der Waals surface area contributed by atoms with Crippen molar-refractivity contribution in [2.75, 3.05) is 5.32 Å². The van der Waals surface area contributed by atoms with E-state index in [4.69, 9.17) is 0 Å². The number of carbonyl (C=O) groups excluding carboxylic acids is 1. The highest BCUT2D eigenvalue weighted by Gasteiger charge is 2.08. The Bertz CT molecular complexity index is 774. The first-order chi connectivity index (χ1) is 10.2. The zero-order chi connectivity index (χ0) is 14.7. The van der Waals surface area contributed by atoms with Gasteiger partial charge in [-0.1, -0.05) is 6.07 Å². The van der Waals surface area contributed by atoms with Crippen LogP contribution in [-0.2, 0) is 4.79 Å². The number of rotatable bonds is 4. The standard InChI is InChI=1S/C14H9BrN2OS3/c15-12-5-4-11(21-12)10-8-20-14(16-10)17-13(18)6-3-9-2-1-7-19-9/h1-8H,(H,16,17,18)/b6-3+. The topological polar surface area (TPSA) is 42.0 Å². The average Bonchev–Trinajstić information content (AvgIpc) is 3.17. The maximum absolute atomic E-state index is 11.8. The Labute approximate surface area is 142 Å². The molecule has 1 N–H and O–H groups in total. The van der Waals surface area contributed by atoms with Gasteiger partial charge >= 0.3 is 0 Å². The molecule has 3 aromatic rings. The highest BCUT2D eigenvalue weighted by molar-refractivity contribution is 9.11. The molecule has 0 atom stereocenters. The van der Waals surface area contributed by atoms with Crippen molar-refractivity contribution >= 4 is 67.1 Å². The molecule has 3 aromatic heterocycles. The zero-order valence-corrected chi connectivity index (χ0v) is 14.6. The van der Waals surface area contributed by atoms with Gasteiger partial charge in [-0.2, -0.15) is 0 Å². The SMILES string of the molecule is O=C(/C=C/c1cccs1)Nc1nc(-c2ccc(Br)s2)cs1. The van der Waals surface area contributed by atoms with Crippen LogP contribution in [0.3, 0.4) is 0 Å². The molecule has 0 aliphatic heterocycles. The third kappa shape index (κ3) is 3.88. The molecule has 0 spiro atoms. The van der Waals surface area contributed by atoms with E-state index in [0.29, 0.717) is 5.13 Å². The Balaban J connectivity index is 1.65. The third-order valence-corrected chi connectivity index (χ3v) is 5.74. The van der Waals surface area contributed by atoms with E-state index in [9.17, 15) is 4.79 Å². The third-order valence-electron chi connectivity index (χ3n) is 2.50. The van der Waals surface area contributed by atoms with Gasteiger partial charge in [-0.15, -0.1) is 34.0 Å². The first-order valence-corrected chi connectivity index (χ1v) is 9.31. The smallest absolute Gasteiger partial charge is 0.250 e. The van der Waals surface area contributed by atoms with E-state index in [2.05, 4.69) is 26.2 Å².